The molecular formula is C19H21N3O6. The molecule has 5 amide bonds. The van der Waals surface area contributed by atoms with Crippen LogP contribution in [0, 0.1) is 0 Å². The first-order chi connectivity index (χ1) is 13.4. The number of hydrogen-bond acceptors (Lipinski definition) is 6. The van der Waals surface area contributed by atoms with E-state index in [0.717, 1.165) is 17.7 Å². The van der Waals surface area contributed by atoms with E-state index in [1.807, 2.05) is 6.92 Å². The highest BCUT2D eigenvalue weighted by Crippen LogP contribution is 2.29. The van der Waals surface area contributed by atoms with Crippen molar-refractivity contribution >= 4 is 29.7 Å². The Balaban J connectivity index is 1.76. The van der Waals surface area contributed by atoms with Crippen LogP contribution in [0.1, 0.15) is 58.9 Å². The van der Waals surface area contributed by atoms with Crippen LogP contribution in [0.5, 0.6) is 0 Å². The van der Waals surface area contributed by atoms with E-state index in [2.05, 4.69) is 10.6 Å². The summed E-state index contributed by atoms with van der Waals surface area (Å²) in [6, 6.07) is 3.72. The molecule has 1 saturated heterocycles. The van der Waals surface area contributed by atoms with Gasteiger partial charge in [-0.15, -0.1) is 0 Å². The number of alkyl carbamates (subject to hydrolysis) is 1. The van der Waals surface area contributed by atoms with Gasteiger partial charge in [0.05, 0.1) is 17.7 Å². The van der Waals surface area contributed by atoms with Gasteiger partial charge in [-0.3, -0.25) is 29.4 Å². The third-order valence-electron chi connectivity index (χ3n) is 4.71. The predicted octanol–water partition coefficient (Wildman–Crippen LogP) is 1.11. The highest BCUT2D eigenvalue weighted by atomic mass is 16.5. The van der Waals surface area contributed by atoms with Crippen molar-refractivity contribution in [3.63, 3.8) is 0 Å². The second-order valence-corrected chi connectivity index (χ2v) is 6.63. The summed E-state index contributed by atoms with van der Waals surface area (Å²) in [4.78, 5) is 61.7. The summed E-state index contributed by atoms with van der Waals surface area (Å²) in [5.41, 5.74) is 0.789. The Hall–Kier alpha value is -3.23. The van der Waals surface area contributed by atoms with Gasteiger partial charge in [0.2, 0.25) is 11.8 Å². The maximum atomic E-state index is 12.9. The Morgan fingerprint density at radius 3 is 2.75 bits per heavy atom. The van der Waals surface area contributed by atoms with Crippen LogP contribution in [0.25, 0.3) is 0 Å². The fourth-order valence-electron chi connectivity index (χ4n) is 3.26. The lowest BCUT2D eigenvalue weighted by atomic mass is 10.0. The van der Waals surface area contributed by atoms with Gasteiger partial charge in [0.25, 0.3) is 11.8 Å². The first-order valence-electron chi connectivity index (χ1n) is 9.18. The third kappa shape index (κ3) is 3.73. The standard InChI is InChI=1S/C19H21N3O6/c1-2-3-9-28-19(27)20-10-11-5-4-6-12-15(11)18(26)22(17(12)25)13-7-8-14(23)21-16(13)24/h4-6,13H,2-3,7-10H2,1H3,(H,20,27)(H,21,23,24)/t13-/m0/s1. The zero-order valence-electron chi connectivity index (χ0n) is 15.4. The normalized spacial score (nSPS) is 18.8. The fraction of sp³-hybridized carbons (Fsp3) is 0.421. The number of amides is 5. The van der Waals surface area contributed by atoms with Crippen molar-refractivity contribution in [1.82, 2.24) is 15.5 Å². The lowest BCUT2D eigenvalue weighted by molar-refractivity contribution is -0.136. The molecule has 0 spiro atoms. The van der Waals surface area contributed by atoms with E-state index in [1.54, 1.807) is 12.1 Å². The SMILES string of the molecule is CCCCOC(=O)NCc1cccc2c1C(=O)N([C@H]1CCC(=O)NC1=O)C2=O. The number of nitrogens with one attached hydrogen (secondary N) is 2. The van der Waals surface area contributed by atoms with Crippen LogP contribution in [-0.2, 0) is 20.9 Å². The van der Waals surface area contributed by atoms with Crippen molar-refractivity contribution in [2.24, 2.45) is 0 Å². The van der Waals surface area contributed by atoms with E-state index in [4.69, 9.17) is 4.74 Å². The quantitative estimate of drug-likeness (QED) is 0.557. The number of carbonyl (C=O) groups is 5. The second-order valence-electron chi connectivity index (χ2n) is 6.63. The number of nitrogens with zero attached hydrogens (tertiary/aromatic N) is 1. The van der Waals surface area contributed by atoms with E-state index in [-0.39, 0.29) is 30.5 Å². The number of imide groups is 2. The smallest absolute Gasteiger partial charge is 0.407 e. The Morgan fingerprint density at radius 1 is 1.25 bits per heavy atom. The van der Waals surface area contributed by atoms with Crippen molar-refractivity contribution in [1.29, 1.82) is 0 Å². The number of unbranched alkanes of at least 4 members (excludes halogenated alkanes) is 1. The highest BCUT2D eigenvalue weighted by molar-refractivity contribution is 6.24. The van der Waals surface area contributed by atoms with Crippen LogP contribution in [-0.4, -0.2) is 47.3 Å². The average molecular weight is 387 g/mol. The molecule has 28 heavy (non-hydrogen) atoms. The first kappa shape index (κ1) is 19.5. The Kier molecular flexibility index (Phi) is 5.72. The number of ether oxygens (including phenoxy) is 1. The molecule has 0 bridgehead atoms. The second kappa shape index (κ2) is 8.20. The van der Waals surface area contributed by atoms with Crippen LogP contribution in [0.2, 0.25) is 0 Å². The maximum Gasteiger partial charge on any atom is 0.407 e. The van der Waals surface area contributed by atoms with Gasteiger partial charge in [0, 0.05) is 13.0 Å². The van der Waals surface area contributed by atoms with Crippen molar-refractivity contribution in [3.8, 4) is 0 Å². The molecule has 9 nitrogen and oxygen atoms in total. The summed E-state index contributed by atoms with van der Waals surface area (Å²) < 4.78 is 5.01. The van der Waals surface area contributed by atoms with Crippen molar-refractivity contribution in [3.05, 3.63) is 34.9 Å². The summed E-state index contributed by atoms with van der Waals surface area (Å²) in [6.45, 7) is 2.29. The molecule has 9 heteroatoms. The van der Waals surface area contributed by atoms with Crippen LogP contribution >= 0.6 is 0 Å². The van der Waals surface area contributed by atoms with E-state index < -0.39 is 35.8 Å². The van der Waals surface area contributed by atoms with Gasteiger partial charge in [-0.25, -0.2) is 4.79 Å². The molecule has 148 valence electrons. The van der Waals surface area contributed by atoms with E-state index in [1.165, 1.54) is 6.07 Å². The molecule has 1 aromatic carbocycles. The number of fused-ring (bicyclic) bond motifs is 1. The average Bonchev–Trinajstić information content (AvgIpc) is 2.92. The van der Waals surface area contributed by atoms with Gasteiger partial charge >= 0.3 is 6.09 Å². The van der Waals surface area contributed by atoms with Gasteiger partial charge in [-0.05, 0) is 24.5 Å². The van der Waals surface area contributed by atoms with Crippen LogP contribution in [0.15, 0.2) is 18.2 Å². The minimum atomic E-state index is -1.02. The topological polar surface area (TPSA) is 122 Å². The Bertz CT molecular complexity index is 850. The molecule has 0 unspecified atom stereocenters. The van der Waals surface area contributed by atoms with Crippen LogP contribution in [0.4, 0.5) is 4.79 Å². The summed E-state index contributed by atoms with van der Waals surface area (Å²) >= 11 is 0. The third-order valence-corrected chi connectivity index (χ3v) is 4.71. The zero-order valence-corrected chi connectivity index (χ0v) is 15.4. The Morgan fingerprint density at radius 2 is 2.04 bits per heavy atom. The van der Waals surface area contributed by atoms with Crippen LogP contribution < -0.4 is 10.6 Å². The monoisotopic (exact) mass is 387 g/mol. The summed E-state index contributed by atoms with van der Waals surface area (Å²) in [7, 11) is 0. The van der Waals surface area contributed by atoms with Crippen molar-refractivity contribution in [2.75, 3.05) is 6.61 Å². The zero-order chi connectivity index (χ0) is 20.3. The number of benzene rings is 1. The minimum absolute atomic E-state index is 0.0103. The molecule has 0 aromatic heterocycles. The molecule has 2 heterocycles. The lowest BCUT2D eigenvalue weighted by Gasteiger charge is -2.27. The molecule has 0 saturated carbocycles. The summed E-state index contributed by atoms with van der Waals surface area (Å²) in [6.07, 6.45) is 1.19. The molecule has 1 aromatic rings. The van der Waals surface area contributed by atoms with Gasteiger partial charge in [0.15, 0.2) is 0 Å². The summed E-state index contributed by atoms with van der Waals surface area (Å²) in [5.74, 6) is -2.28. The van der Waals surface area contributed by atoms with E-state index in [0.29, 0.717) is 12.2 Å². The van der Waals surface area contributed by atoms with Crippen LogP contribution in [0.3, 0.4) is 0 Å². The van der Waals surface area contributed by atoms with Gasteiger partial charge in [0.1, 0.15) is 6.04 Å². The molecule has 1 fully saturated rings. The minimum Gasteiger partial charge on any atom is -0.450 e. The summed E-state index contributed by atoms with van der Waals surface area (Å²) in [5, 5.41) is 4.72. The van der Waals surface area contributed by atoms with Crippen molar-refractivity contribution < 1.29 is 28.7 Å². The maximum absolute atomic E-state index is 12.9. The first-order valence-corrected chi connectivity index (χ1v) is 9.18. The lowest BCUT2D eigenvalue weighted by Crippen LogP contribution is -2.54. The van der Waals surface area contributed by atoms with Gasteiger partial charge in [-0.1, -0.05) is 25.5 Å². The molecule has 1 atom stereocenters. The largest absolute Gasteiger partial charge is 0.450 e. The van der Waals surface area contributed by atoms with E-state index in [9.17, 15) is 24.0 Å². The van der Waals surface area contributed by atoms with Gasteiger partial charge in [-0.2, -0.15) is 0 Å². The number of rotatable bonds is 6. The number of piperidine rings is 1. The van der Waals surface area contributed by atoms with E-state index >= 15 is 0 Å². The molecule has 3 rings (SSSR count). The molecule has 2 N–H and O–H groups in total. The van der Waals surface area contributed by atoms with Crippen molar-refractivity contribution in [2.45, 2.75) is 45.2 Å². The molecule has 2 aliphatic heterocycles. The number of hydrogen-bond donors (Lipinski definition) is 2. The molecule has 0 aliphatic carbocycles. The number of carbonyl (C=O) groups excluding carboxylic acids is 5. The molecular weight excluding hydrogens is 366 g/mol. The predicted molar refractivity (Wildman–Crippen MR) is 96.2 cm³/mol. The molecule has 2 aliphatic rings. The highest BCUT2D eigenvalue weighted by Gasteiger charge is 2.45. The van der Waals surface area contributed by atoms with Gasteiger partial charge < -0.3 is 10.1 Å². The molecule has 0 radical (unpaired) electrons. The Labute approximate surface area is 161 Å². The fourth-order valence-corrected chi connectivity index (χ4v) is 3.26.